The molecule has 42 heavy (non-hydrogen) atoms. The molecule has 0 amide bonds. The number of hydrogen-bond acceptors (Lipinski definition) is 6. The van der Waals surface area contributed by atoms with Crippen LogP contribution in [0, 0.1) is 50.2 Å². The monoisotopic (exact) mass is 588 g/mol. The average molecular weight is 589 g/mol. The van der Waals surface area contributed by atoms with Gasteiger partial charge in [-0.3, -0.25) is 0 Å². The van der Waals surface area contributed by atoms with Gasteiger partial charge in [0, 0.05) is 0 Å². The molecule has 6 heteroatoms. The van der Waals surface area contributed by atoms with Crippen LogP contribution in [0.1, 0.15) is 120 Å². The van der Waals surface area contributed by atoms with Crippen LogP contribution in [0.25, 0.3) is 0 Å². The Labute approximate surface area is 254 Å². The Bertz CT molecular complexity index is 1080. The van der Waals surface area contributed by atoms with Crippen LogP contribution in [-0.2, 0) is 9.47 Å². The normalized spacial score (nSPS) is 55.0. The minimum Gasteiger partial charge on any atom is -0.394 e. The van der Waals surface area contributed by atoms with Crippen molar-refractivity contribution in [2.75, 3.05) is 6.61 Å². The maximum Gasteiger partial charge on any atom is 0.186 e. The molecule has 13 atom stereocenters. The highest BCUT2D eigenvalue weighted by Gasteiger charge is 2.68. The first kappa shape index (κ1) is 31.5. The number of hydrogen-bond donors (Lipinski definition) is 4. The minimum atomic E-state index is -1.41. The molecule has 5 fully saturated rings. The lowest BCUT2D eigenvalue weighted by molar-refractivity contribution is -0.330. The fourth-order valence-electron chi connectivity index (χ4n) is 12.1. The Morgan fingerprint density at radius 3 is 2.19 bits per heavy atom. The molecule has 5 aliphatic carbocycles. The van der Waals surface area contributed by atoms with E-state index in [0.29, 0.717) is 28.6 Å². The number of rotatable bonds is 3. The SMILES string of the molecule is CC1(C)CC[C@]2(C)CC[C@]3(C)C(=CC[C@@H]4[C@@]5(C)CC[C@H](O[C@@H]6O[C@H](CO)[C@@H](O)[C@H](O)[C@H]6O)C(C)(C)[C@@H]5CC[C@]43C)[C@@H]2C1. The predicted octanol–water partition coefficient (Wildman–Crippen LogP) is 5.99. The van der Waals surface area contributed by atoms with Gasteiger partial charge in [-0.2, -0.15) is 0 Å². The lowest BCUT2D eigenvalue weighted by atomic mass is 9.33. The van der Waals surface area contributed by atoms with Crippen LogP contribution in [0.5, 0.6) is 0 Å². The smallest absolute Gasteiger partial charge is 0.186 e. The van der Waals surface area contributed by atoms with E-state index in [0.717, 1.165) is 12.8 Å². The van der Waals surface area contributed by atoms with Crippen molar-refractivity contribution in [1.82, 2.24) is 0 Å². The first-order valence-corrected chi connectivity index (χ1v) is 17.1. The fourth-order valence-corrected chi connectivity index (χ4v) is 12.1. The summed E-state index contributed by atoms with van der Waals surface area (Å²) in [6, 6.07) is 0. The van der Waals surface area contributed by atoms with Gasteiger partial charge >= 0.3 is 0 Å². The second-order valence-electron chi connectivity index (χ2n) is 18.1. The number of aliphatic hydroxyl groups is 4. The molecule has 0 radical (unpaired) electrons. The van der Waals surface area contributed by atoms with Crippen LogP contribution in [0.4, 0.5) is 0 Å². The highest BCUT2D eigenvalue weighted by atomic mass is 16.7. The molecule has 6 aliphatic rings. The van der Waals surface area contributed by atoms with Crippen LogP contribution < -0.4 is 0 Å². The van der Waals surface area contributed by atoms with Crippen LogP contribution in [0.2, 0.25) is 0 Å². The van der Waals surface area contributed by atoms with E-state index < -0.39 is 37.3 Å². The van der Waals surface area contributed by atoms with Gasteiger partial charge < -0.3 is 29.9 Å². The highest BCUT2D eigenvalue weighted by Crippen LogP contribution is 2.75. The van der Waals surface area contributed by atoms with Gasteiger partial charge in [0.05, 0.1) is 12.7 Å². The molecule has 6 nitrogen and oxygen atoms in total. The van der Waals surface area contributed by atoms with E-state index in [1.807, 2.05) is 5.57 Å². The molecular formula is C36H60O6. The summed E-state index contributed by atoms with van der Waals surface area (Å²) in [5.74, 6) is 1.79. The van der Waals surface area contributed by atoms with Crippen LogP contribution in [0.3, 0.4) is 0 Å². The summed E-state index contributed by atoms with van der Waals surface area (Å²) in [5, 5.41) is 41.0. The molecule has 0 bridgehead atoms. The van der Waals surface area contributed by atoms with Gasteiger partial charge in [-0.25, -0.2) is 0 Å². The van der Waals surface area contributed by atoms with Crippen molar-refractivity contribution in [3.8, 4) is 0 Å². The second-order valence-corrected chi connectivity index (χ2v) is 18.1. The molecule has 240 valence electrons. The summed E-state index contributed by atoms with van der Waals surface area (Å²) in [6.07, 6.45) is 8.65. The van der Waals surface area contributed by atoms with E-state index in [9.17, 15) is 20.4 Å². The van der Waals surface area contributed by atoms with Crippen molar-refractivity contribution in [3.63, 3.8) is 0 Å². The maximum absolute atomic E-state index is 10.7. The topological polar surface area (TPSA) is 99.4 Å². The number of allylic oxidation sites excluding steroid dienone is 2. The average Bonchev–Trinajstić information content (AvgIpc) is 2.91. The zero-order chi connectivity index (χ0) is 30.7. The number of fused-ring (bicyclic) bond motifs is 7. The quantitative estimate of drug-likeness (QED) is 0.239. The van der Waals surface area contributed by atoms with E-state index in [2.05, 4.69) is 61.5 Å². The van der Waals surface area contributed by atoms with E-state index >= 15 is 0 Å². The van der Waals surface area contributed by atoms with Crippen LogP contribution >= 0.6 is 0 Å². The summed E-state index contributed by atoms with van der Waals surface area (Å²) >= 11 is 0. The van der Waals surface area contributed by atoms with Gasteiger partial charge in [0.2, 0.25) is 0 Å². The Balaban J connectivity index is 1.27. The van der Waals surface area contributed by atoms with Crippen molar-refractivity contribution in [2.45, 2.75) is 156 Å². The van der Waals surface area contributed by atoms with E-state index in [1.165, 1.54) is 51.4 Å². The summed E-state index contributed by atoms with van der Waals surface area (Å²) in [6.45, 7) is 19.7. The Kier molecular flexibility index (Phi) is 7.49. The van der Waals surface area contributed by atoms with Crippen molar-refractivity contribution < 1.29 is 29.9 Å². The third-order valence-electron chi connectivity index (χ3n) is 15.1. The van der Waals surface area contributed by atoms with Crippen molar-refractivity contribution in [1.29, 1.82) is 0 Å². The van der Waals surface area contributed by atoms with Crippen LogP contribution in [-0.4, -0.2) is 63.8 Å². The second kappa shape index (κ2) is 10.00. The fraction of sp³-hybridized carbons (Fsp3) is 0.944. The molecule has 1 aliphatic heterocycles. The van der Waals surface area contributed by atoms with Crippen molar-refractivity contribution in [3.05, 3.63) is 11.6 Å². The minimum absolute atomic E-state index is 0.147. The molecule has 4 N–H and O–H groups in total. The first-order valence-electron chi connectivity index (χ1n) is 17.1. The van der Waals surface area contributed by atoms with E-state index in [4.69, 9.17) is 9.47 Å². The third-order valence-corrected chi connectivity index (χ3v) is 15.1. The van der Waals surface area contributed by atoms with E-state index in [-0.39, 0.29) is 27.8 Å². The summed E-state index contributed by atoms with van der Waals surface area (Å²) in [7, 11) is 0. The molecule has 4 saturated carbocycles. The molecule has 0 spiro atoms. The molecule has 6 rings (SSSR count). The molecule has 1 saturated heterocycles. The summed E-state index contributed by atoms with van der Waals surface area (Å²) in [4.78, 5) is 0. The lowest BCUT2D eigenvalue weighted by Gasteiger charge is -2.71. The molecular weight excluding hydrogens is 528 g/mol. The van der Waals surface area contributed by atoms with Crippen molar-refractivity contribution in [2.24, 2.45) is 50.2 Å². The van der Waals surface area contributed by atoms with Crippen LogP contribution in [0.15, 0.2) is 11.6 Å². The molecule has 0 aromatic carbocycles. The Morgan fingerprint density at radius 2 is 1.50 bits per heavy atom. The zero-order valence-corrected chi connectivity index (χ0v) is 27.7. The summed E-state index contributed by atoms with van der Waals surface area (Å²) in [5.41, 5.74) is 3.23. The molecule has 0 unspecified atom stereocenters. The standard InChI is InChI=1S/C36H60O6/c1-31(2)15-16-33(5)17-18-35(7)21(22(33)19-31)9-10-25-34(6)13-12-26(32(3,4)24(34)11-14-36(25,35)8)42-30-29(40)28(39)27(38)23(20-37)41-30/h9,22-30,37-40H,10-20H2,1-8H3/t22-,23+,24-,25+,26-,27+,28-,29+,30-,33+,34-,35+,36+/m0/s1. The predicted molar refractivity (Wildman–Crippen MR) is 163 cm³/mol. The lowest BCUT2D eigenvalue weighted by Crippen LogP contribution is -2.65. The maximum atomic E-state index is 10.7. The van der Waals surface area contributed by atoms with Gasteiger partial charge in [0.15, 0.2) is 6.29 Å². The third kappa shape index (κ3) is 4.31. The first-order chi connectivity index (χ1) is 19.4. The van der Waals surface area contributed by atoms with Gasteiger partial charge in [-0.15, -0.1) is 0 Å². The van der Waals surface area contributed by atoms with Gasteiger partial charge in [0.1, 0.15) is 24.4 Å². The Hall–Kier alpha value is -0.500. The highest BCUT2D eigenvalue weighted by molar-refractivity contribution is 5.33. The number of ether oxygens (including phenoxy) is 2. The van der Waals surface area contributed by atoms with Crippen molar-refractivity contribution >= 4 is 0 Å². The van der Waals surface area contributed by atoms with Gasteiger partial charge in [-0.05, 0) is 114 Å². The molecule has 0 aromatic heterocycles. The van der Waals surface area contributed by atoms with Gasteiger partial charge in [-0.1, -0.05) is 67.0 Å². The molecule has 0 aromatic rings. The van der Waals surface area contributed by atoms with E-state index in [1.54, 1.807) is 0 Å². The van der Waals surface area contributed by atoms with Gasteiger partial charge in [0.25, 0.3) is 0 Å². The zero-order valence-electron chi connectivity index (χ0n) is 27.7. The largest absolute Gasteiger partial charge is 0.394 e. The molecule has 1 heterocycles. The summed E-state index contributed by atoms with van der Waals surface area (Å²) < 4.78 is 12.3. The number of aliphatic hydroxyl groups excluding tert-OH is 4. The Morgan fingerprint density at radius 1 is 0.810 bits per heavy atom.